The first kappa shape index (κ1) is 18.6. The predicted octanol–water partition coefficient (Wildman–Crippen LogP) is 4.17. The fourth-order valence-electron chi connectivity index (χ4n) is 3.63. The fraction of sp³-hybridized carbons (Fsp3) is 0.429. The van der Waals surface area contributed by atoms with Gasteiger partial charge in [0.25, 0.3) is 5.91 Å². The van der Waals surface area contributed by atoms with Crippen LogP contribution in [0, 0.1) is 26.7 Å². The van der Waals surface area contributed by atoms with Crippen LogP contribution in [0.25, 0.3) is 0 Å². The maximum absolute atomic E-state index is 12.4. The molecule has 1 aliphatic rings. The summed E-state index contributed by atoms with van der Waals surface area (Å²) in [4.78, 5) is 26.7. The summed E-state index contributed by atoms with van der Waals surface area (Å²) >= 11 is 1.56. The maximum atomic E-state index is 12.4. The molecule has 1 aliphatic carbocycles. The highest BCUT2D eigenvalue weighted by atomic mass is 32.1. The molecule has 0 aliphatic heterocycles. The number of hydrogen-bond donors (Lipinski definition) is 2. The molecule has 0 radical (unpaired) electrons. The first-order chi connectivity index (χ1) is 12.3. The molecule has 2 N–H and O–H groups in total. The third-order valence-corrected chi connectivity index (χ3v) is 6.14. The molecule has 4 nitrogen and oxygen atoms in total. The summed E-state index contributed by atoms with van der Waals surface area (Å²) in [5.41, 5.74) is 5.36. The van der Waals surface area contributed by atoms with Crippen molar-refractivity contribution in [2.45, 2.75) is 47.0 Å². The van der Waals surface area contributed by atoms with E-state index < -0.39 is 0 Å². The number of carbonyl (C=O) groups is 2. The van der Waals surface area contributed by atoms with E-state index in [4.69, 9.17) is 0 Å². The quantitative estimate of drug-likeness (QED) is 0.849. The van der Waals surface area contributed by atoms with E-state index in [0.29, 0.717) is 10.8 Å². The Bertz CT molecular complexity index is 831. The van der Waals surface area contributed by atoms with Crippen LogP contribution < -0.4 is 10.6 Å². The lowest BCUT2D eigenvalue weighted by Gasteiger charge is -2.16. The Balaban J connectivity index is 1.59. The summed E-state index contributed by atoms with van der Waals surface area (Å²) in [7, 11) is 0. The molecule has 138 valence electrons. The average molecular weight is 371 g/mol. The Morgan fingerprint density at radius 1 is 1.15 bits per heavy atom. The van der Waals surface area contributed by atoms with Crippen molar-refractivity contribution in [2.75, 3.05) is 11.9 Å². The van der Waals surface area contributed by atoms with Crippen LogP contribution in [-0.4, -0.2) is 18.4 Å². The largest absolute Gasteiger partial charge is 0.342 e. The van der Waals surface area contributed by atoms with E-state index in [0.717, 1.165) is 29.7 Å². The van der Waals surface area contributed by atoms with E-state index in [9.17, 15) is 9.59 Å². The molecule has 0 saturated carbocycles. The van der Waals surface area contributed by atoms with Crippen LogP contribution in [-0.2, 0) is 17.6 Å². The Hall–Kier alpha value is -2.14. The Labute approximate surface area is 159 Å². The standard InChI is InChI=1S/C21H26N2O2S/c1-12-5-6-17-16(9-12)10-18(26-17)21(25)22-11-19(24)23-20-14(3)7-13(2)8-15(20)4/h7-8,10,12H,5-6,9,11H2,1-4H3,(H,22,25)(H,23,24). The second-order valence-electron chi connectivity index (χ2n) is 7.41. The van der Waals surface area contributed by atoms with Crippen LogP contribution in [0.1, 0.15) is 50.1 Å². The van der Waals surface area contributed by atoms with Crippen LogP contribution in [0.15, 0.2) is 18.2 Å². The molecule has 2 amide bonds. The molecular weight excluding hydrogens is 344 g/mol. The number of benzene rings is 1. The molecule has 1 aromatic carbocycles. The zero-order chi connectivity index (χ0) is 18.8. The van der Waals surface area contributed by atoms with Gasteiger partial charge in [0, 0.05) is 10.6 Å². The monoisotopic (exact) mass is 370 g/mol. The van der Waals surface area contributed by atoms with E-state index >= 15 is 0 Å². The number of hydrogen-bond acceptors (Lipinski definition) is 3. The van der Waals surface area contributed by atoms with Crippen LogP contribution in [0.2, 0.25) is 0 Å². The van der Waals surface area contributed by atoms with Crippen molar-refractivity contribution in [3.63, 3.8) is 0 Å². The number of amides is 2. The zero-order valence-electron chi connectivity index (χ0n) is 15.9. The smallest absolute Gasteiger partial charge is 0.261 e. The average Bonchev–Trinajstić information content (AvgIpc) is 2.99. The highest BCUT2D eigenvalue weighted by Crippen LogP contribution is 2.32. The van der Waals surface area contributed by atoms with Gasteiger partial charge < -0.3 is 10.6 Å². The van der Waals surface area contributed by atoms with Gasteiger partial charge in [-0.15, -0.1) is 11.3 Å². The van der Waals surface area contributed by atoms with Gasteiger partial charge in [-0.2, -0.15) is 0 Å². The number of anilines is 1. The van der Waals surface area contributed by atoms with Gasteiger partial charge in [0.15, 0.2) is 0 Å². The lowest BCUT2D eigenvalue weighted by atomic mass is 9.90. The Morgan fingerprint density at radius 2 is 1.85 bits per heavy atom. The van der Waals surface area contributed by atoms with E-state index in [1.165, 1.54) is 22.4 Å². The summed E-state index contributed by atoms with van der Waals surface area (Å²) in [6, 6.07) is 6.08. The summed E-state index contributed by atoms with van der Waals surface area (Å²) < 4.78 is 0. The van der Waals surface area contributed by atoms with Crippen molar-refractivity contribution in [3.05, 3.63) is 50.2 Å². The second-order valence-corrected chi connectivity index (χ2v) is 8.55. The van der Waals surface area contributed by atoms with Crippen molar-refractivity contribution in [1.29, 1.82) is 0 Å². The lowest BCUT2D eigenvalue weighted by Crippen LogP contribution is -2.32. The Kier molecular flexibility index (Phi) is 5.47. The predicted molar refractivity (Wildman–Crippen MR) is 107 cm³/mol. The number of fused-ring (bicyclic) bond motifs is 1. The number of nitrogens with one attached hydrogen (secondary N) is 2. The molecule has 3 rings (SSSR count). The first-order valence-corrected chi connectivity index (χ1v) is 9.92. The van der Waals surface area contributed by atoms with Gasteiger partial charge in [-0.05, 0) is 68.7 Å². The van der Waals surface area contributed by atoms with E-state index in [-0.39, 0.29) is 18.4 Å². The second kappa shape index (κ2) is 7.62. The fourth-order valence-corrected chi connectivity index (χ4v) is 4.75. The highest BCUT2D eigenvalue weighted by Gasteiger charge is 2.21. The molecule has 0 saturated heterocycles. The summed E-state index contributed by atoms with van der Waals surface area (Å²) in [5.74, 6) is 0.313. The van der Waals surface area contributed by atoms with Crippen molar-refractivity contribution < 1.29 is 9.59 Å². The van der Waals surface area contributed by atoms with Crippen LogP contribution >= 0.6 is 11.3 Å². The molecule has 0 spiro atoms. The molecule has 1 heterocycles. The molecule has 1 aromatic heterocycles. The van der Waals surface area contributed by atoms with Crippen molar-refractivity contribution in [2.24, 2.45) is 5.92 Å². The molecule has 0 fully saturated rings. The topological polar surface area (TPSA) is 58.2 Å². The third-order valence-electron chi connectivity index (χ3n) is 4.90. The summed E-state index contributed by atoms with van der Waals surface area (Å²) in [5, 5.41) is 5.67. The van der Waals surface area contributed by atoms with Gasteiger partial charge >= 0.3 is 0 Å². The van der Waals surface area contributed by atoms with Gasteiger partial charge in [0.05, 0.1) is 11.4 Å². The van der Waals surface area contributed by atoms with Crippen LogP contribution in [0.3, 0.4) is 0 Å². The molecule has 1 atom stereocenters. The Morgan fingerprint density at radius 3 is 2.54 bits per heavy atom. The molecular formula is C21H26N2O2S. The zero-order valence-corrected chi connectivity index (χ0v) is 16.7. The van der Waals surface area contributed by atoms with Crippen LogP contribution in [0.5, 0.6) is 0 Å². The minimum atomic E-state index is -0.205. The van der Waals surface area contributed by atoms with Crippen LogP contribution in [0.4, 0.5) is 5.69 Å². The molecule has 2 aromatic rings. The number of rotatable bonds is 4. The van der Waals surface area contributed by atoms with Gasteiger partial charge in [0.1, 0.15) is 0 Å². The van der Waals surface area contributed by atoms with Crippen molar-refractivity contribution in [1.82, 2.24) is 5.32 Å². The highest BCUT2D eigenvalue weighted by molar-refractivity contribution is 7.14. The van der Waals surface area contributed by atoms with Crippen molar-refractivity contribution in [3.8, 4) is 0 Å². The number of thiophene rings is 1. The van der Waals surface area contributed by atoms with Gasteiger partial charge in [0.2, 0.25) is 5.91 Å². The molecule has 1 unspecified atom stereocenters. The SMILES string of the molecule is Cc1cc(C)c(NC(=O)CNC(=O)c2cc3c(s2)CCC(C)C3)c(C)c1. The number of carbonyl (C=O) groups excluding carboxylic acids is 2. The minimum absolute atomic E-state index is 0.0233. The molecule has 26 heavy (non-hydrogen) atoms. The van der Waals surface area contributed by atoms with E-state index in [2.05, 4.69) is 17.6 Å². The molecule has 0 bridgehead atoms. The number of aryl methyl sites for hydroxylation is 4. The third kappa shape index (κ3) is 4.15. The normalized spacial score (nSPS) is 16.1. The molecule has 5 heteroatoms. The summed E-state index contributed by atoms with van der Waals surface area (Å²) in [6.07, 6.45) is 3.29. The van der Waals surface area contributed by atoms with Crippen molar-refractivity contribution >= 4 is 28.8 Å². The van der Waals surface area contributed by atoms with Gasteiger partial charge in [-0.25, -0.2) is 0 Å². The first-order valence-electron chi connectivity index (χ1n) is 9.11. The van der Waals surface area contributed by atoms with E-state index in [1.54, 1.807) is 11.3 Å². The minimum Gasteiger partial charge on any atom is -0.342 e. The van der Waals surface area contributed by atoms with E-state index in [1.807, 2.05) is 39.0 Å². The summed E-state index contributed by atoms with van der Waals surface area (Å²) in [6.45, 7) is 8.22. The van der Waals surface area contributed by atoms with Gasteiger partial charge in [-0.3, -0.25) is 9.59 Å². The lowest BCUT2D eigenvalue weighted by molar-refractivity contribution is -0.115. The maximum Gasteiger partial charge on any atom is 0.261 e. The van der Waals surface area contributed by atoms with Gasteiger partial charge in [-0.1, -0.05) is 24.6 Å².